The molecule has 1 fully saturated rings. The maximum absolute atomic E-state index is 13.1. The molecule has 0 spiro atoms. The van der Waals surface area contributed by atoms with Crippen LogP contribution in [0.15, 0.2) is 29.2 Å². The lowest BCUT2D eigenvalue weighted by atomic mass is 10.0. The van der Waals surface area contributed by atoms with Crippen LogP contribution in [0.5, 0.6) is 0 Å². The first-order chi connectivity index (χ1) is 17.9. The molecular weight excluding hydrogens is 530 g/mol. The molecular formula is C25H33N5O6S2. The summed E-state index contributed by atoms with van der Waals surface area (Å²) in [6.07, 6.45) is 0.153. The monoisotopic (exact) mass is 563 g/mol. The smallest absolute Gasteiger partial charge is 0.319 e. The number of nitrogens with one attached hydrogen (secondary N) is 2. The van der Waals surface area contributed by atoms with Gasteiger partial charge in [-0.2, -0.15) is 4.31 Å². The minimum atomic E-state index is -3.75. The van der Waals surface area contributed by atoms with E-state index in [0.717, 1.165) is 17.0 Å². The molecule has 2 aromatic rings. The zero-order valence-corrected chi connectivity index (χ0v) is 23.4. The summed E-state index contributed by atoms with van der Waals surface area (Å²) in [5, 5.41) is 5.21. The number of anilines is 1. The van der Waals surface area contributed by atoms with Crippen molar-refractivity contribution < 1.29 is 27.5 Å². The Morgan fingerprint density at radius 2 is 1.71 bits per heavy atom. The first-order valence-electron chi connectivity index (χ1n) is 12.4. The molecule has 2 atom stereocenters. The first-order valence-corrected chi connectivity index (χ1v) is 14.7. The summed E-state index contributed by atoms with van der Waals surface area (Å²) < 4.78 is 33.3. The van der Waals surface area contributed by atoms with Gasteiger partial charge >= 0.3 is 6.03 Å². The molecule has 4 amide bonds. The number of nitrogens with zero attached hydrogens (tertiary/aromatic N) is 2. The molecule has 1 aromatic carbocycles. The second-order valence-corrected chi connectivity index (χ2v) is 12.9. The van der Waals surface area contributed by atoms with Gasteiger partial charge in [-0.25, -0.2) is 13.2 Å². The van der Waals surface area contributed by atoms with Crippen LogP contribution in [0.2, 0.25) is 0 Å². The highest BCUT2D eigenvalue weighted by Crippen LogP contribution is 2.38. The maximum atomic E-state index is 13.1. The highest BCUT2D eigenvalue weighted by Gasteiger charge is 2.33. The Labute approximate surface area is 226 Å². The molecule has 3 heterocycles. The molecule has 1 aromatic heterocycles. The Balaban J connectivity index is 1.57. The number of thiophene rings is 1. The third kappa shape index (κ3) is 5.91. The number of carbonyl (C=O) groups excluding carboxylic acids is 3. The molecule has 0 bridgehead atoms. The number of amides is 4. The SMILES string of the molecule is CC1CN(S(=O)(=O)c2ccc(C(=O)Nc3sc4c(c3C(=O)NC(N)=O)CCN(C(C)C)C4)cc2)CC(C)O1. The van der Waals surface area contributed by atoms with Crippen LogP contribution in [-0.4, -0.2) is 73.4 Å². The van der Waals surface area contributed by atoms with Crippen LogP contribution < -0.4 is 16.4 Å². The number of ether oxygens (including phenoxy) is 1. The zero-order chi connectivity index (χ0) is 27.8. The number of fused-ring (bicyclic) bond motifs is 1. The Hall–Kier alpha value is -2.84. The van der Waals surface area contributed by atoms with Gasteiger partial charge in [0, 0.05) is 42.7 Å². The van der Waals surface area contributed by atoms with E-state index in [1.807, 2.05) is 13.8 Å². The summed E-state index contributed by atoms with van der Waals surface area (Å²) >= 11 is 1.29. The fraction of sp³-hybridized carbons (Fsp3) is 0.480. The second-order valence-electron chi connectivity index (χ2n) is 9.90. The molecule has 2 unspecified atom stereocenters. The van der Waals surface area contributed by atoms with Gasteiger partial charge in [0.2, 0.25) is 10.0 Å². The Morgan fingerprint density at radius 1 is 1.08 bits per heavy atom. The summed E-state index contributed by atoms with van der Waals surface area (Å²) in [6, 6.07) is 5.00. The number of carbonyl (C=O) groups is 3. The van der Waals surface area contributed by atoms with Crippen LogP contribution in [0.1, 0.15) is 58.9 Å². The van der Waals surface area contributed by atoms with Crippen molar-refractivity contribution >= 4 is 44.2 Å². The van der Waals surface area contributed by atoms with E-state index in [1.165, 1.54) is 39.9 Å². The van der Waals surface area contributed by atoms with Crippen molar-refractivity contribution in [2.45, 2.75) is 63.8 Å². The van der Waals surface area contributed by atoms with E-state index < -0.39 is 27.9 Å². The lowest BCUT2D eigenvalue weighted by molar-refractivity contribution is -0.0440. The van der Waals surface area contributed by atoms with Crippen LogP contribution in [0.4, 0.5) is 9.80 Å². The van der Waals surface area contributed by atoms with Crippen LogP contribution >= 0.6 is 11.3 Å². The van der Waals surface area contributed by atoms with Gasteiger partial charge < -0.3 is 15.8 Å². The number of urea groups is 1. The summed E-state index contributed by atoms with van der Waals surface area (Å²) in [4.78, 5) is 40.6. The average Bonchev–Trinajstić information content (AvgIpc) is 3.20. The van der Waals surface area contributed by atoms with Crippen molar-refractivity contribution in [2.75, 3.05) is 25.0 Å². The minimum absolute atomic E-state index is 0.0808. The highest BCUT2D eigenvalue weighted by molar-refractivity contribution is 7.89. The number of sulfonamides is 1. The second kappa shape index (κ2) is 11.1. The number of hydrogen-bond acceptors (Lipinski definition) is 8. The molecule has 2 aliphatic heterocycles. The van der Waals surface area contributed by atoms with E-state index in [-0.39, 0.29) is 41.3 Å². The third-order valence-corrected chi connectivity index (χ3v) is 9.63. The number of morpholine rings is 1. The van der Waals surface area contributed by atoms with Gasteiger partial charge in [0.1, 0.15) is 5.00 Å². The first kappa shape index (κ1) is 28.2. The number of rotatable bonds is 6. The number of nitrogens with two attached hydrogens (primary N) is 1. The molecule has 4 N–H and O–H groups in total. The lowest BCUT2D eigenvalue weighted by Gasteiger charge is -2.34. The predicted octanol–water partition coefficient (Wildman–Crippen LogP) is 2.37. The number of benzene rings is 1. The molecule has 1 saturated heterocycles. The van der Waals surface area contributed by atoms with Crippen LogP contribution in [0.3, 0.4) is 0 Å². The van der Waals surface area contributed by atoms with E-state index in [9.17, 15) is 22.8 Å². The van der Waals surface area contributed by atoms with Crippen molar-refractivity contribution in [2.24, 2.45) is 5.73 Å². The zero-order valence-electron chi connectivity index (χ0n) is 21.8. The molecule has 0 aliphatic carbocycles. The number of imide groups is 1. The van der Waals surface area contributed by atoms with Crippen LogP contribution in [0, 0.1) is 0 Å². The largest absolute Gasteiger partial charge is 0.373 e. The molecule has 206 valence electrons. The number of hydrogen-bond donors (Lipinski definition) is 3. The van der Waals surface area contributed by atoms with Gasteiger partial charge in [-0.15, -0.1) is 11.3 Å². The van der Waals surface area contributed by atoms with E-state index in [2.05, 4.69) is 29.4 Å². The van der Waals surface area contributed by atoms with E-state index in [0.29, 0.717) is 24.0 Å². The molecule has 0 radical (unpaired) electrons. The highest BCUT2D eigenvalue weighted by atomic mass is 32.2. The lowest BCUT2D eigenvalue weighted by Crippen LogP contribution is -2.48. The predicted molar refractivity (Wildman–Crippen MR) is 144 cm³/mol. The fourth-order valence-electron chi connectivity index (χ4n) is 4.80. The molecule has 2 aliphatic rings. The topological polar surface area (TPSA) is 151 Å². The fourth-order valence-corrected chi connectivity index (χ4v) is 7.65. The molecule has 0 saturated carbocycles. The number of primary amides is 1. The van der Waals surface area contributed by atoms with Crippen molar-refractivity contribution in [3.8, 4) is 0 Å². The van der Waals surface area contributed by atoms with Gasteiger partial charge in [0.25, 0.3) is 11.8 Å². The summed E-state index contributed by atoms with van der Waals surface area (Å²) in [5.41, 5.74) is 6.42. The standard InChI is InChI=1S/C25H33N5O6S2/c1-14(2)29-10-9-19-20(13-29)37-24(21(19)23(32)28-25(26)33)27-22(31)17-5-7-18(8-6-17)38(34,35)30-11-15(3)36-16(4)12-30/h5-8,14-16H,9-13H2,1-4H3,(H,27,31)(H3,26,28,32,33). The molecule has 38 heavy (non-hydrogen) atoms. The Morgan fingerprint density at radius 3 is 2.29 bits per heavy atom. The van der Waals surface area contributed by atoms with Gasteiger partial charge in [-0.1, -0.05) is 0 Å². The minimum Gasteiger partial charge on any atom is -0.373 e. The van der Waals surface area contributed by atoms with Gasteiger partial charge in [0.15, 0.2) is 0 Å². The maximum Gasteiger partial charge on any atom is 0.319 e. The third-order valence-electron chi connectivity index (χ3n) is 6.65. The van der Waals surface area contributed by atoms with Crippen LogP contribution in [0.25, 0.3) is 0 Å². The van der Waals surface area contributed by atoms with Gasteiger partial charge in [-0.05, 0) is 63.9 Å². The van der Waals surface area contributed by atoms with Gasteiger partial charge in [0.05, 0.1) is 22.7 Å². The Kier molecular flexibility index (Phi) is 8.23. The van der Waals surface area contributed by atoms with Crippen molar-refractivity contribution in [1.29, 1.82) is 0 Å². The van der Waals surface area contributed by atoms with Gasteiger partial charge in [-0.3, -0.25) is 19.8 Å². The average molecular weight is 564 g/mol. The normalized spacial score (nSPS) is 20.7. The van der Waals surface area contributed by atoms with E-state index >= 15 is 0 Å². The molecule has 4 rings (SSSR count). The van der Waals surface area contributed by atoms with E-state index in [1.54, 1.807) is 0 Å². The van der Waals surface area contributed by atoms with Crippen molar-refractivity contribution in [1.82, 2.24) is 14.5 Å². The van der Waals surface area contributed by atoms with Crippen LogP contribution in [-0.2, 0) is 27.7 Å². The molecule has 11 nitrogen and oxygen atoms in total. The van der Waals surface area contributed by atoms with E-state index in [4.69, 9.17) is 10.5 Å². The van der Waals surface area contributed by atoms with Crippen molar-refractivity contribution in [3.05, 3.63) is 45.8 Å². The Bertz CT molecular complexity index is 1330. The quantitative estimate of drug-likeness (QED) is 0.488. The molecule has 13 heteroatoms. The summed E-state index contributed by atoms with van der Waals surface area (Å²) in [6.45, 7) is 9.69. The summed E-state index contributed by atoms with van der Waals surface area (Å²) in [5.74, 6) is -1.17. The van der Waals surface area contributed by atoms with Crippen molar-refractivity contribution in [3.63, 3.8) is 0 Å². The summed E-state index contributed by atoms with van der Waals surface area (Å²) in [7, 11) is -3.75.